The van der Waals surface area contributed by atoms with Crippen LogP contribution < -0.4 is 0 Å². The average Bonchev–Trinajstić information content (AvgIpc) is 2.37. The van der Waals surface area contributed by atoms with E-state index >= 15 is 0 Å². The molecule has 2 heteroatoms. The van der Waals surface area contributed by atoms with Crippen LogP contribution in [0.5, 0.6) is 0 Å². The summed E-state index contributed by atoms with van der Waals surface area (Å²) in [7, 11) is 1.86. The fourth-order valence-electron chi connectivity index (χ4n) is 2.25. The lowest BCUT2D eigenvalue weighted by Crippen LogP contribution is -2.24. The molecule has 0 saturated heterocycles. The van der Waals surface area contributed by atoms with Crippen molar-refractivity contribution in [3.8, 4) is 0 Å². The van der Waals surface area contributed by atoms with Crippen LogP contribution >= 0.6 is 0 Å². The number of unbranched alkanes of at least 4 members (excludes halogenated alkanes) is 3. The fraction of sp³-hybridized carbons (Fsp3) is 1.00. The van der Waals surface area contributed by atoms with E-state index in [1.165, 1.54) is 64.6 Å². The zero-order valence-electron chi connectivity index (χ0n) is 12.5. The summed E-state index contributed by atoms with van der Waals surface area (Å²) in [6, 6.07) is 0. The Morgan fingerprint density at radius 3 is 1.94 bits per heavy atom. The van der Waals surface area contributed by atoms with Gasteiger partial charge in [0.15, 0.2) is 0 Å². The topological polar surface area (TPSA) is 12.5 Å². The molecule has 0 aromatic carbocycles. The van der Waals surface area contributed by atoms with Gasteiger partial charge in [0, 0.05) is 7.11 Å². The van der Waals surface area contributed by atoms with E-state index in [9.17, 15) is 0 Å². The summed E-state index contributed by atoms with van der Waals surface area (Å²) in [6.07, 6.45) is 9.58. The van der Waals surface area contributed by atoms with Crippen molar-refractivity contribution in [2.75, 3.05) is 26.7 Å². The molecule has 0 N–H and O–H groups in total. The molecule has 17 heavy (non-hydrogen) atoms. The molecule has 104 valence electrons. The number of ether oxygens (including phenoxy) is 1. The second-order valence-electron chi connectivity index (χ2n) is 4.88. The monoisotopic (exact) mass is 243 g/mol. The quantitative estimate of drug-likeness (QED) is 0.479. The second-order valence-corrected chi connectivity index (χ2v) is 4.88. The van der Waals surface area contributed by atoms with Crippen LogP contribution in [0.2, 0.25) is 0 Å². The van der Waals surface area contributed by atoms with Gasteiger partial charge in [0.2, 0.25) is 0 Å². The van der Waals surface area contributed by atoms with Gasteiger partial charge in [-0.25, -0.2) is 0 Å². The van der Waals surface area contributed by atoms with E-state index in [1.807, 2.05) is 7.11 Å². The third-order valence-electron chi connectivity index (χ3n) is 3.61. The molecule has 0 spiro atoms. The molecule has 0 rings (SSSR count). The van der Waals surface area contributed by atoms with Gasteiger partial charge in [-0.3, -0.25) is 0 Å². The maximum absolute atomic E-state index is 5.54. The normalized spacial score (nSPS) is 13.2. The maximum Gasteiger partial charge on any atom is 0.0571 e. The Labute approximate surface area is 109 Å². The van der Waals surface area contributed by atoms with Gasteiger partial charge in [-0.05, 0) is 45.3 Å². The molecular weight excluding hydrogens is 210 g/mol. The lowest BCUT2D eigenvalue weighted by Gasteiger charge is -2.19. The van der Waals surface area contributed by atoms with E-state index in [1.54, 1.807) is 0 Å². The van der Waals surface area contributed by atoms with Crippen molar-refractivity contribution in [3.63, 3.8) is 0 Å². The number of hydrogen-bond donors (Lipinski definition) is 0. The van der Waals surface area contributed by atoms with Crippen molar-refractivity contribution >= 4 is 0 Å². The van der Waals surface area contributed by atoms with Crippen LogP contribution in [0.4, 0.5) is 0 Å². The Kier molecular flexibility index (Phi) is 12.3. The van der Waals surface area contributed by atoms with Crippen LogP contribution in [0, 0.1) is 0 Å². The van der Waals surface area contributed by atoms with Crippen molar-refractivity contribution in [1.82, 2.24) is 4.90 Å². The highest BCUT2D eigenvalue weighted by Crippen LogP contribution is 2.12. The average molecular weight is 243 g/mol. The molecule has 0 fully saturated rings. The Balaban J connectivity index is 3.48. The Morgan fingerprint density at radius 2 is 1.47 bits per heavy atom. The predicted molar refractivity (Wildman–Crippen MR) is 76.6 cm³/mol. The summed E-state index contributed by atoms with van der Waals surface area (Å²) < 4.78 is 5.54. The van der Waals surface area contributed by atoms with Gasteiger partial charge in [0.25, 0.3) is 0 Å². The van der Waals surface area contributed by atoms with Crippen molar-refractivity contribution in [2.24, 2.45) is 0 Å². The van der Waals surface area contributed by atoms with E-state index in [0.717, 1.165) is 0 Å². The molecule has 2 nitrogen and oxygen atoms in total. The molecule has 0 saturated carbocycles. The summed E-state index contributed by atoms with van der Waals surface area (Å²) in [5, 5.41) is 0. The molecule has 0 radical (unpaired) electrons. The first-order chi connectivity index (χ1) is 8.28. The highest BCUT2D eigenvalue weighted by molar-refractivity contribution is 4.60. The van der Waals surface area contributed by atoms with Crippen molar-refractivity contribution in [2.45, 2.75) is 71.8 Å². The maximum atomic E-state index is 5.54. The molecule has 0 bridgehead atoms. The van der Waals surface area contributed by atoms with Crippen LogP contribution in [0.15, 0.2) is 0 Å². The molecule has 0 heterocycles. The van der Waals surface area contributed by atoms with Crippen molar-refractivity contribution in [3.05, 3.63) is 0 Å². The largest absolute Gasteiger partial charge is 0.381 e. The van der Waals surface area contributed by atoms with Crippen LogP contribution in [-0.4, -0.2) is 37.7 Å². The standard InChI is InChI=1S/C15H33NO/c1-5-8-9-12-15(17-4)13-10-11-14-16(6-2)7-3/h15H,5-14H2,1-4H3/t15-/m1/s1. The molecule has 0 aliphatic heterocycles. The predicted octanol–water partition coefficient (Wildman–Crippen LogP) is 4.09. The summed E-state index contributed by atoms with van der Waals surface area (Å²) in [5.74, 6) is 0. The molecule has 0 aliphatic rings. The van der Waals surface area contributed by atoms with Crippen LogP contribution in [0.3, 0.4) is 0 Å². The fourth-order valence-corrected chi connectivity index (χ4v) is 2.25. The second kappa shape index (κ2) is 12.4. The van der Waals surface area contributed by atoms with E-state index in [2.05, 4.69) is 25.7 Å². The van der Waals surface area contributed by atoms with Gasteiger partial charge < -0.3 is 9.64 Å². The summed E-state index contributed by atoms with van der Waals surface area (Å²) in [5.41, 5.74) is 0. The molecule has 1 atom stereocenters. The summed E-state index contributed by atoms with van der Waals surface area (Å²) in [6.45, 7) is 10.4. The minimum absolute atomic E-state index is 0.498. The van der Waals surface area contributed by atoms with E-state index in [4.69, 9.17) is 4.74 Å². The minimum atomic E-state index is 0.498. The van der Waals surface area contributed by atoms with Gasteiger partial charge in [-0.15, -0.1) is 0 Å². The summed E-state index contributed by atoms with van der Waals surface area (Å²) in [4.78, 5) is 2.50. The van der Waals surface area contributed by atoms with Gasteiger partial charge >= 0.3 is 0 Å². The Hall–Kier alpha value is -0.0800. The number of methoxy groups -OCH3 is 1. The third kappa shape index (κ3) is 9.61. The Morgan fingerprint density at radius 1 is 0.882 bits per heavy atom. The van der Waals surface area contributed by atoms with Gasteiger partial charge in [0.1, 0.15) is 0 Å². The van der Waals surface area contributed by atoms with Crippen LogP contribution in [0.1, 0.15) is 65.7 Å². The number of hydrogen-bond acceptors (Lipinski definition) is 2. The molecular formula is C15H33NO. The third-order valence-corrected chi connectivity index (χ3v) is 3.61. The molecule has 0 aromatic rings. The molecule has 0 aliphatic carbocycles. The van der Waals surface area contributed by atoms with E-state index in [0.29, 0.717) is 6.10 Å². The number of rotatable bonds is 12. The smallest absolute Gasteiger partial charge is 0.0571 e. The number of nitrogens with zero attached hydrogens (tertiary/aromatic N) is 1. The van der Waals surface area contributed by atoms with E-state index < -0.39 is 0 Å². The zero-order chi connectivity index (χ0) is 12.9. The van der Waals surface area contributed by atoms with Gasteiger partial charge in [-0.2, -0.15) is 0 Å². The first kappa shape index (κ1) is 16.9. The van der Waals surface area contributed by atoms with Crippen molar-refractivity contribution in [1.29, 1.82) is 0 Å². The zero-order valence-corrected chi connectivity index (χ0v) is 12.5. The lowest BCUT2D eigenvalue weighted by molar-refractivity contribution is 0.0826. The van der Waals surface area contributed by atoms with Crippen molar-refractivity contribution < 1.29 is 4.74 Å². The first-order valence-corrected chi connectivity index (χ1v) is 7.53. The van der Waals surface area contributed by atoms with Gasteiger partial charge in [-0.1, -0.05) is 40.0 Å². The van der Waals surface area contributed by atoms with Crippen LogP contribution in [-0.2, 0) is 4.74 Å². The molecule has 0 unspecified atom stereocenters. The Bertz CT molecular complexity index is 146. The SMILES string of the molecule is CCCCC[C@H](CCCCN(CC)CC)OC. The molecule has 0 amide bonds. The van der Waals surface area contributed by atoms with E-state index in [-0.39, 0.29) is 0 Å². The van der Waals surface area contributed by atoms with Crippen LogP contribution in [0.25, 0.3) is 0 Å². The highest BCUT2D eigenvalue weighted by Gasteiger charge is 2.07. The first-order valence-electron chi connectivity index (χ1n) is 7.53. The minimum Gasteiger partial charge on any atom is -0.381 e. The van der Waals surface area contributed by atoms with Gasteiger partial charge in [0.05, 0.1) is 6.10 Å². The summed E-state index contributed by atoms with van der Waals surface area (Å²) >= 11 is 0. The highest BCUT2D eigenvalue weighted by atomic mass is 16.5. The lowest BCUT2D eigenvalue weighted by atomic mass is 10.0. The molecule has 0 aromatic heterocycles.